The number of aliphatic hydroxyl groups excluding tert-OH is 1. The normalized spacial score (nSPS) is 10.9. The summed E-state index contributed by atoms with van der Waals surface area (Å²) in [7, 11) is 0. The zero-order valence-electron chi connectivity index (χ0n) is 7.58. The van der Waals surface area contributed by atoms with Crippen LogP contribution < -0.4 is 0 Å². The topological polar surface area (TPSA) is 33.4 Å². The number of aliphatic hydroxyl groups is 1. The summed E-state index contributed by atoms with van der Waals surface area (Å²) in [6.45, 7) is 2.22. The summed E-state index contributed by atoms with van der Waals surface area (Å²) in [4.78, 5) is 0. The second-order valence-corrected chi connectivity index (χ2v) is 3.23. The summed E-state index contributed by atoms with van der Waals surface area (Å²) in [5.41, 5.74) is 3.20. The highest BCUT2D eigenvalue weighted by atomic mass is 16.3. The Balaban J connectivity index is 2.58. The van der Waals surface area contributed by atoms with Crippen LogP contribution in [0.5, 0.6) is 0 Å². The quantitative estimate of drug-likeness (QED) is 0.761. The summed E-state index contributed by atoms with van der Waals surface area (Å²) in [5.74, 6) is 0. The Morgan fingerprint density at radius 2 is 2.23 bits per heavy atom. The van der Waals surface area contributed by atoms with Gasteiger partial charge in [0.2, 0.25) is 0 Å². The fourth-order valence-electron chi connectivity index (χ4n) is 1.51. The van der Waals surface area contributed by atoms with Crippen LogP contribution in [0.25, 0.3) is 11.0 Å². The van der Waals surface area contributed by atoms with Crippen LogP contribution in [0.15, 0.2) is 28.9 Å². The third-order valence-corrected chi connectivity index (χ3v) is 2.19. The lowest BCUT2D eigenvalue weighted by Gasteiger charge is -1.95. The van der Waals surface area contributed by atoms with E-state index in [1.54, 1.807) is 6.26 Å². The summed E-state index contributed by atoms with van der Waals surface area (Å²) < 4.78 is 5.35. The standard InChI is InChI=1S/C11H12O2/c1-8-2-3-11-10(6-8)9(4-5-12)7-13-11/h2-3,6-7,12H,4-5H2,1H3. The van der Waals surface area contributed by atoms with E-state index in [0.29, 0.717) is 6.42 Å². The van der Waals surface area contributed by atoms with Gasteiger partial charge in [-0.25, -0.2) is 0 Å². The number of benzene rings is 1. The van der Waals surface area contributed by atoms with Gasteiger partial charge in [-0.15, -0.1) is 0 Å². The van der Waals surface area contributed by atoms with Gasteiger partial charge in [0.05, 0.1) is 6.26 Å². The molecule has 0 amide bonds. The van der Waals surface area contributed by atoms with E-state index in [1.807, 2.05) is 12.1 Å². The second-order valence-electron chi connectivity index (χ2n) is 3.23. The van der Waals surface area contributed by atoms with Crippen molar-refractivity contribution in [2.45, 2.75) is 13.3 Å². The molecular weight excluding hydrogens is 164 g/mol. The van der Waals surface area contributed by atoms with Crippen LogP contribution in [0.2, 0.25) is 0 Å². The van der Waals surface area contributed by atoms with Gasteiger partial charge in [-0.2, -0.15) is 0 Å². The minimum absolute atomic E-state index is 0.169. The zero-order valence-corrected chi connectivity index (χ0v) is 7.58. The molecule has 1 aromatic carbocycles. The molecule has 1 N–H and O–H groups in total. The van der Waals surface area contributed by atoms with Gasteiger partial charge in [0.25, 0.3) is 0 Å². The average Bonchev–Trinajstić information content (AvgIpc) is 2.49. The molecule has 0 radical (unpaired) electrons. The van der Waals surface area contributed by atoms with E-state index in [-0.39, 0.29) is 6.61 Å². The van der Waals surface area contributed by atoms with Crippen molar-refractivity contribution in [3.63, 3.8) is 0 Å². The first-order valence-electron chi connectivity index (χ1n) is 4.39. The Morgan fingerprint density at radius 3 is 3.00 bits per heavy atom. The van der Waals surface area contributed by atoms with E-state index in [4.69, 9.17) is 9.52 Å². The molecule has 2 aromatic rings. The molecule has 0 unspecified atom stereocenters. The molecule has 0 aliphatic rings. The molecule has 0 atom stereocenters. The largest absolute Gasteiger partial charge is 0.464 e. The Kier molecular flexibility index (Phi) is 2.07. The van der Waals surface area contributed by atoms with Gasteiger partial charge >= 0.3 is 0 Å². The highest BCUT2D eigenvalue weighted by Gasteiger charge is 2.04. The lowest BCUT2D eigenvalue weighted by molar-refractivity contribution is 0.299. The van der Waals surface area contributed by atoms with Crippen molar-refractivity contribution in [2.75, 3.05) is 6.61 Å². The van der Waals surface area contributed by atoms with E-state index < -0.39 is 0 Å². The summed E-state index contributed by atoms with van der Waals surface area (Å²) in [6, 6.07) is 6.07. The average molecular weight is 176 g/mol. The van der Waals surface area contributed by atoms with Crippen molar-refractivity contribution in [3.8, 4) is 0 Å². The highest BCUT2D eigenvalue weighted by molar-refractivity contribution is 5.81. The van der Waals surface area contributed by atoms with Crippen LogP contribution in [0, 0.1) is 6.92 Å². The van der Waals surface area contributed by atoms with Gasteiger partial charge in [-0.1, -0.05) is 11.6 Å². The maximum absolute atomic E-state index is 8.83. The summed E-state index contributed by atoms with van der Waals surface area (Å²) in [6.07, 6.45) is 2.39. The first kappa shape index (κ1) is 8.32. The Hall–Kier alpha value is -1.28. The third kappa shape index (κ3) is 1.45. The van der Waals surface area contributed by atoms with Gasteiger partial charge in [0.15, 0.2) is 0 Å². The molecule has 1 aromatic heterocycles. The number of hydrogen-bond acceptors (Lipinski definition) is 2. The molecule has 0 aliphatic heterocycles. The van der Waals surface area contributed by atoms with Crippen LogP contribution in [0.4, 0.5) is 0 Å². The molecule has 0 saturated carbocycles. The smallest absolute Gasteiger partial charge is 0.134 e. The lowest BCUT2D eigenvalue weighted by Crippen LogP contribution is -1.88. The molecule has 1 heterocycles. The maximum atomic E-state index is 8.83. The van der Waals surface area contributed by atoms with Crippen molar-refractivity contribution in [1.29, 1.82) is 0 Å². The van der Waals surface area contributed by atoms with Crippen LogP contribution in [-0.2, 0) is 6.42 Å². The first-order chi connectivity index (χ1) is 6.31. The monoisotopic (exact) mass is 176 g/mol. The van der Waals surface area contributed by atoms with Crippen molar-refractivity contribution < 1.29 is 9.52 Å². The van der Waals surface area contributed by atoms with Crippen molar-refractivity contribution in [2.24, 2.45) is 0 Å². The summed E-state index contributed by atoms with van der Waals surface area (Å²) >= 11 is 0. The number of aryl methyl sites for hydroxylation is 1. The second kappa shape index (κ2) is 3.23. The van der Waals surface area contributed by atoms with E-state index in [2.05, 4.69) is 13.0 Å². The first-order valence-corrected chi connectivity index (χ1v) is 4.39. The number of furan rings is 1. The molecule has 68 valence electrons. The predicted octanol–water partition coefficient (Wildman–Crippen LogP) is 2.28. The maximum Gasteiger partial charge on any atom is 0.134 e. The van der Waals surface area contributed by atoms with E-state index in [9.17, 15) is 0 Å². The molecule has 0 saturated heterocycles. The molecule has 13 heavy (non-hydrogen) atoms. The molecule has 2 rings (SSSR count). The predicted molar refractivity (Wildman–Crippen MR) is 51.7 cm³/mol. The molecule has 2 heteroatoms. The molecule has 2 nitrogen and oxygen atoms in total. The van der Waals surface area contributed by atoms with E-state index >= 15 is 0 Å². The van der Waals surface area contributed by atoms with Gasteiger partial charge < -0.3 is 9.52 Å². The van der Waals surface area contributed by atoms with Crippen LogP contribution in [0.1, 0.15) is 11.1 Å². The van der Waals surface area contributed by atoms with Crippen molar-refractivity contribution in [1.82, 2.24) is 0 Å². The fraction of sp³-hybridized carbons (Fsp3) is 0.273. The number of fused-ring (bicyclic) bond motifs is 1. The van der Waals surface area contributed by atoms with Crippen LogP contribution >= 0.6 is 0 Å². The minimum Gasteiger partial charge on any atom is -0.464 e. The number of hydrogen-bond donors (Lipinski definition) is 1. The van der Waals surface area contributed by atoms with Crippen molar-refractivity contribution in [3.05, 3.63) is 35.6 Å². The Bertz CT molecular complexity index is 415. The van der Waals surface area contributed by atoms with Gasteiger partial charge in [-0.05, 0) is 25.5 Å². The fourth-order valence-corrected chi connectivity index (χ4v) is 1.51. The number of rotatable bonds is 2. The van der Waals surface area contributed by atoms with E-state index in [0.717, 1.165) is 16.5 Å². The van der Waals surface area contributed by atoms with Crippen LogP contribution in [-0.4, -0.2) is 11.7 Å². The highest BCUT2D eigenvalue weighted by Crippen LogP contribution is 2.22. The van der Waals surface area contributed by atoms with Crippen molar-refractivity contribution >= 4 is 11.0 Å². The molecular formula is C11H12O2. The Morgan fingerprint density at radius 1 is 1.38 bits per heavy atom. The molecule has 0 aliphatic carbocycles. The lowest BCUT2D eigenvalue weighted by atomic mass is 10.1. The summed E-state index contributed by atoms with van der Waals surface area (Å²) in [5, 5.41) is 9.94. The SMILES string of the molecule is Cc1ccc2occ(CCO)c2c1. The molecule has 0 bridgehead atoms. The van der Waals surface area contributed by atoms with E-state index in [1.165, 1.54) is 5.56 Å². The van der Waals surface area contributed by atoms with Gasteiger partial charge in [0.1, 0.15) is 5.58 Å². The van der Waals surface area contributed by atoms with Gasteiger partial charge in [0, 0.05) is 17.6 Å². The molecule has 0 spiro atoms. The third-order valence-electron chi connectivity index (χ3n) is 2.19. The Labute approximate surface area is 76.8 Å². The molecule has 0 fully saturated rings. The zero-order chi connectivity index (χ0) is 9.26. The van der Waals surface area contributed by atoms with Crippen LogP contribution in [0.3, 0.4) is 0 Å². The van der Waals surface area contributed by atoms with Gasteiger partial charge in [-0.3, -0.25) is 0 Å². The minimum atomic E-state index is 0.169.